The zero-order valence-electron chi connectivity index (χ0n) is 16.3. The molecular weight excluding hydrogens is 456 g/mol. The van der Waals surface area contributed by atoms with Gasteiger partial charge in [-0.1, -0.05) is 12.1 Å². The zero-order chi connectivity index (χ0) is 24.4. The Balaban J connectivity index is 2.00. The third-order valence-corrected chi connectivity index (χ3v) is 4.26. The molecular formula is C21H13F6N3O3. The van der Waals surface area contributed by atoms with Gasteiger partial charge in [0.25, 0.3) is 11.8 Å². The minimum absolute atomic E-state index is 0.0355. The minimum atomic E-state index is -4.95. The maximum atomic E-state index is 13.2. The first kappa shape index (κ1) is 23.6. The molecule has 0 aliphatic carbocycles. The quantitative estimate of drug-likeness (QED) is 0.514. The van der Waals surface area contributed by atoms with Crippen LogP contribution in [0.4, 0.5) is 32.0 Å². The Hall–Kier alpha value is -4.09. The van der Waals surface area contributed by atoms with Crippen LogP contribution in [0.15, 0.2) is 60.8 Å². The number of nitrogens with zero attached hydrogens (tertiary/aromatic N) is 1. The maximum Gasteiger partial charge on any atom is 0.573 e. The van der Waals surface area contributed by atoms with Crippen LogP contribution in [-0.4, -0.2) is 23.2 Å². The van der Waals surface area contributed by atoms with Crippen molar-refractivity contribution in [3.05, 3.63) is 77.6 Å². The van der Waals surface area contributed by atoms with Gasteiger partial charge < -0.3 is 15.8 Å². The molecule has 172 valence electrons. The molecule has 0 unspecified atom stereocenters. The van der Waals surface area contributed by atoms with Gasteiger partial charge in [0, 0.05) is 17.4 Å². The van der Waals surface area contributed by atoms with E-state index in [0.29, 0.717) is 12.1 Å². The van der Waals surface area contributed by atoms with E-state index in [1.54, 1.807) is 0 Å². The van der Waals surface area contributed by atoms with Crippen LogP contribution in [0.25, 0.3) is 11.1 Å². The van der Waals surface area contributed by atoms with Crippen LogP contribution in [0.2, 0.25) is 0 Å². The number of hydrogen-bond donors (Lipinski definition) is 2. The molecule has 2 aromatic carbocycles. The van der Waals surface area contributed by atoms with Gasteiger partial charge in [0.1, 0.15) is 11.4 Å². The fourth-order valence-electron chi connectivity index (χ4n) is 2.84. The highest BCUT2D eigenvalue weighted by Crippen LogP contribution is 2.35. The van der Waals surface area contributed by atoms with Crippen molar-refractivity contribution in [1.29, 1.82) is 0 Å². The van der Waals surface area contributed by atoms with Crippen LogP contribution < -0.4 is 15.8 Å². The number of anilines is 1. The standard InChI is InChI=1S/C21H13F6N3O3/c22-20(23,24)12-3-6-15(19(32)30-13-7-8-29-17(10-13)18(28)31)16(9-12)11-1-4-14(5-2-11)33-21(25,26)27/h1-10H,(H2,28,31)(H,29,30,32). The minimum Gasteiger partial charge on any atom is -0.406 e. The molecule has 0 saturated heterocycles. The molecule has 0 bridgehead atoms. The third-order valence-electron chi connectivity index (χ3n) is 4.26. The van der Waals surface area contributed by atoms with Crippen molar-refractivity contribution in [3.63, 3.8) is 0 Å². The fraction of sp³-hybridized carbons (Fsp3) is 0.0952. The van der Waals surface area contributed by atoms with Gasteiger partial charge >= 0.3 is 12.5 Å². The van der Waals surface area contributed by atoms with Gasteiger partial charge in [-0.25, -0.2) is 0 Å². The van der Waals surface area contributed by atoms with Gasteiger partial charge in [0.2, 0.25) is 0 Å². The van der Waals surface area contributed by atoms with Crippen molar-refractivity contribution < 1.29 is 40.7 Å². The summed E-state index contributed by atoms with van der Waals surface area (Å²) in [6.45, 7) is 0. The Labute approximate surface area is 182 Å². The van der Waals surface area contributed by atoms with E-state index in [2.05, 4.69) is 15.0 Å². The van der Waals surface area contributed by atoms with Crippen LogP contribution in [0, 0.1) is 0 Å². The highest BCUT2D eigenvalue weighted by Gasteiger charge is 2.32. The Bertz CT molecular complexity index is 1190. The first-order chi connectivity index (χ1) is 15.3. The normalized spacial score (nSPS) is 11.7. The largest absolute Gasteiger partial charge is 0.573 e. The molecule has 3 N–H and O–H groups in total. The Kier molecular flexibility index (Phi) is 6.29. The molecule has 3 aromatic rings. The number of rotatable bonds is 5. The number of alkyl halides is 6. The molecule has 33 heavy (non-hydrogen) atoms. The van der Waals surface area contributed by atoms with Gasteiger partial charge in [0.05, 0.1) is 5.56 Å². The number of carbonyl (C=O) groups excluding carboxylic acids is 2. The predicted molar refractivity (Wildman–Crippen MR) is 104 cm³/mol. The lowest BCUT2D eigenvalue weighted by molar-refractivity contribution is -0.274. The van der Waals surface area contributed by atoms with E-state index in [1.807, 2.05) is 0 Å². The van der Waals surface area contributed by atoms with E-state index in [4.69, 9.17) is 5.73 Å². The second-order valence-electron chi connectivity index (χ2n) is 6.58. The average molecular weight is 469 g/mol. The number of halogens is 6. The van der Waals surface area contributed by atoms with Gasteiger partial charge in [-0.2, -0.15) is 13.2 Å². The number of benzene rings is 2. The number of carbonyl (C=O) groups is 2. The maximum absolute atomic E-state index is 13.2. The summed E-state index contributed by atoms with van der Waals surface area (Å²) in [7, 11) is 0. The second-order valence-corrected chi connectivity index (χ2v) is 6.58. The predicted octanol–water partition coefficient (Wildman–Crippen LogP) is 5.02. The van der Waals surface area contributed by atoms with Crippen molar-refractivity contribution in [2.24, 2.45) is 5.73 Å². The number of pyridine rings is 1. The number of primary amides is 1. The van der Waals surface area contributed by atoms with Crippen molar-refractivity contribution in [3.8, 4) is 16.9 Å². The topological polar surface area (TPSA) is 94.3 Å². The Morgan fingerprint density at radius 3 is 2.15 bits per heavy atom. The number of aromatic nitrogens is 1. The van der Waals surface area contributed by atoms with Crippen LogP contribution in [-0.2, 0) is 6.18 Å². The van der Waals surface area contributed by atoms with Gasteiger partial charge in [-0.05, 0) is 53.6 Å². The highest BCUT2D eigenvalue weighted by atomic mass is 19.4. The summed E-state index contributed by atoms with van der Waals surface area (Å²) in [6.07, 6.45) is -8.48. The lowest BCUT2D eigenvalue weighted by Gasteiger charge is -2.15. The Morgan fingerprint density at radius 1 is 0.909 bits per heavy atom. The summed E-state index contributed by atoms with van der Waals surface area (Å²) in [6, 6.07) is 8.83. The number of nitrogens with one attached hydrogen (secondary N) is 1. The van der Waals surface area contributed by atoms with Crippen LogP contribution in [0.5, 0.6) is 5.75 Å². The lowest BCUT2D eigenvalue weighted by Crippen LogP contribution is -2.17. The summed E-state index contributed by atoms with van der Waals surface area (Å²) in [5.41, 5.74) is 3.66. The van der Waals surface area contributed by atoms with Crippen molar-refractivity contribution in [2.75, 3.05) is 5.32 Å². The number of hydrogen-bond acceptors (Lipinski definition) is 4. The molecule has 0 aliphatic rings. The summed E-state index contributed by atoms with van der Waals surface area (Å²) in [4.78, 5) is 27.8. The second kappa shape index (κ2) is 8.81. The van der Waals surface area contributed by atoms with Crippen LogP contribution in [0.3, 0.4) is 0 Å². The van der Waals surface area contributed by atoms with E-state index in [1.165, 1.54) is 18.3 Å². The van der Waals surface area contributed by atoms with Crippen molar-refractivity contribution >= 4 is 17.5 Å². The monoisotopic (exact) mass is 469 g/mol. The van der Waals surface area contributed by atoms with Gasteiger partial charge in [-0.3, -0.25) is 14.6 Å². The number of nitrogens with two attached hydrogens (primary N) is 1. The van der Waals surface area contributed by atoms with E-state index in [9.17, 15) is 35.9 Å². The summed E-state index contributed by atoms with van der Waals surface area (Å²) >= 11 is 0. The smallest absolute Gasteiger partial charge is 0.406 e. The number of amides is 2. The molecule has 3 rings (SSSR count). The molecule has 0 radical (unpaired) electrons. The molecule has 1 aromatic heterocycles. The summed E-state index contributed by atoms with van der Waals surface area (Å²) in [5, 5.41) is 2.42. The van der Waals surface area contributed by atoms with E-state index >= 15 is 0 Å². The molecule has 0 atom stereocenters. The molecule has 1 heterocycles. The zero-order valence-corrected chi connectivity index (χ0v) is 16.3. The summed E-state index contributed by atoms with van der Waals surface area (Å²) < 4.78 is 80.6. The summed E-state index contributed by atoms with van der Waals surface area (Å²) in [5.74, 6) is -2.28. The van der Waals surface area contributed by atoms with Crippen LogP contribution >= 0.6 is 0 Å². The Morgan fingerprint density at radius 2 is 1.58 bits per heavy atom. The molecule has 6 nitrogen and oxygen atoms in total. The van der Waals surface area contributed by atoms with Crippen molar-refractivity contribution in [2.45, 2.75) is 12.5 Å². The first-order valence-electron chi connectivity index (χ1n) is 8.98. The SMILES string of the molecule is NC(=O)c1cc(NC(=O)c2ccc(C(F)(F)F)cc2-c2ccc(OC(F)(F)F)cc2)ccn1. The van der Waals surface area contributed by atoms with Gasteiger partial charge in [-0.15, -0.1) is 13.2 Å². The molecule has 12 heteroatoms. The van der Waals surface area contributed by atoms with E-state index in [-0.39, 0.29) is 28.1 Å². The molecule has 0 fully saturated rings. The highest BCUT2D eigenvalue weighted by molar-refractivity contribution is 6.09. The molecule has 0 spiro atoms. The number of ether oxygens (including phenoxy) is 1. The van der Waals surface area contributed by atoms with E-state index in [0.717, 1.165) is 30.3 Å². The molecule has 0 saturated carbocycles. The lowest BCUT2D eigenvalue weighted by atomic mass is 9.96. The van der Waals surface area contributed by atoms with E-state index < -0.39 is 35.7 Å². The fourth-order valence-corrected chi connectivity index (χ4v) is 2.84. The average Bonchev–Trinajstić information content (AvgIpc) is 2.72. The molecule has 2 amide bonds. The van der Waals surface area contributed by atoms with Crippen molar-refractivity contribution in [1.82, 2.24) is 4.98 Å². The third kappa shape index (κ3) is 5.99. The van der Waals surface area contributed by atoms with Gasteiger partial charge in [0.15, 0.2) is 0 Å². The first-order valence-corrected chi connectivity index (χ1v) is 8.98. The van der Waals surface area contributed by atoms with Crippen LogP contribution in [0.1, 0.15) is 26.4 Å². The molecule has 0 aliphatic heterocycles.